The first-order chi connectivity index (χ1) is 15.0. The molecule has 160 valence electrons. The van der Waals surface area contributed by atoms with Gasteiger partial charge in [-0.2, -0.15) is 0 Å². The topological polar surface area (TPSA) is 72.2 Å². The van der Waals surface area contributed by atoms with Crippen LogP contribution in [0.5, 0.6) is 0 Å². The molecule has 31 heavy (non-hydrogen) atoms. The molecule has 0 aliphatic heterocycles. The van der Waals surface area contributed by atoms with Crippen molar-refractivity contribution in [2.45, 2.75) is 13.1 Å². The predicted molar refractivity (Wildman–Crippen MR) is 123 cm³/mol. The van der Waals surface area contributed by atoms with Crippen LogP contribution in [0.1, 0.15) is 20.9 Å². The number of hydrogen-bond donors (Lipinski definition) is 1. The fourth-order valence-corrected chi connectivity index (χ4v) is 4.31. The van der Waals surface area contributed by atoms with Gasteiger partial charge in [-0.25, -0.2) is 4.79 Å². The van der Waals surface area contributed by atoms with Crippen LogP contribution in [-0.4, -0.2) is 38.0 Å². The van der Waals surface area contributed by atoms with Crippen molar-refractivity contribution in [1.29, 1.82) is 0 Å². The van der Waals surface area contributed by atoms with E-state index < -0.39 is 0 Å². The van der Waals surface area contributed by atoms with E-state index in [2.05, 4.69) is 27.3 Å². The van der Waals surface area contributed by atoms with Gasteiger partial charge in [-0.3, -0.25) is 23.8 Å². The lowest BCUT2D eigenvalue weighted by molar-refractivity contribution is 0.0951. The molecule has 0 radical (unpaired) electrons. The highest BCUT2D eigenvalue weighted by Crippen LogP contribution is 2.16. The number of carbonyl (C=O) groups is 1. The van der Waals surface area contributed by atoms with Gasteiger partial charge in [-0.1, -0.05) is 18.2 Å². The van der Waals surface area contributed by atoms with Gasteiger partial charge in [-0.05, 0) is 41.3 Å². The van der Waals surface area contributed by atoms with Crippen molar-refractivity contribution in [3.63, 3.8) is 0 Å². The molecule has 0 saturated heterocycles. The Morgan fingerprint density at radius 3 is 2.65 bits per heavy atom. The predicted octanol–water partition coefficient (Wildman–Crippen LogP) is 2.77. The zero-order chi connectivity index (χ0) is 21.8. The molecule has 0 spiro atoms. The fraction of sp³-hybridized carbons (Fsp3) is 0.261. The lowest BCUT2D eigenvalue weighted by Gasteiger charge is -2.22. The second kappa shape index (κ2) is 9.28. The molecular formula is C23H25N5O2S. The molecule has 0 fully saturated rings. The molecule has 4 rings (SSSR count). The summed E-state index contributed by atoms with van der Waals surface area (Å²) in [5.41, 5.74) is 3.87. The average molecular weight is 436 g/mol. The summed E-state index contributed by atoms with van der Waals surface area (Å²) in [6, 6.07) is 15.7. The minimum absolute atomic E-state index is 0.0335. The van der Waals surface area contributed by atoms with Crippen LogP contribution < -0.4 is 11.0 Å². The van der Waals surface area contributed by atoms with E-state index in [1.807, 2.05) is 41.8 Å². The van der Waals surface area contributed by atoms with Crippen LogP contribution in [0.15, 0.2) is 64.9 Å². The number of amides is 1. The molecule has 1 amide bonds. The Bertz CT molecular complexity index is 1230. The lowest BCUT2D eigenvalue weighted by atomic mass is 10.1. The van der Waals surface area contributed by atoms with Crippen LogP contribution >= 0.6 is 11.3 Å². The third kappa shape index (κ3) is 4.76. The van der Waals surface area contributed by atoms with E-state index in [4.69, 9.17) is 0 Å². The maximum atomic E-state index is 12.3. The third-order valence-electron chi connectivity index (χ3n) is 5.31. The molecule has 3 heterocycles. The van der Waals surface area contributed by atoms with Gasteiger partial charge in [0.15, 0.2) is 0 Å². The van der Waals surface area contributed by atoms with Crippen LogP contribution in [-0.2, 0) is 27.2 Å². The lowest BCUT2D eigenvalue weighted by Crippen LogP contribution is -2.34. The highest BCUT2D eigenvalue weighted by Gasteiger charge is 2.13. The van der Waals surface area contributed by atoms with Gasteiger partial charge in [0.05, 0.1) is 21.6 Å². The number of aromatic nitrogens is 3. The van der Waals surface area contributed by atoms with Crippen molar-refractivity contribution in [2.75, 3.05) is 13.1 Å². The molecule has 0 saturated carbocycles. The second-order valence-electron chi connectivity index (χ2n) is 7.49. The molecule has 0 bridgehead atoms. The zero-order valence-corrected chi connectivity index (χ0v) is 18.4. The maximum Gasteiger partial charge on any atom is 0.328 e. The summed E-state index contributed by atoms with van der Waals surface area (Å²) in [6.07, 6.45) is 1.79. The minimum Gasteiger partial charge on any atom is -0.350 e. The van der Waals surface area contributed by atoms with E-state index in [0.717, 1.165) is 22.3 Å². The quantitative estimate of drug-likeness (QED) is 0.462. The van der Waals surface area contributed by atoms with Gasteiger partial charge in [0, 0.05) is 46.5 Å². The van der Waals surface area contributed by atoms with Crippen molar-refractivity contribution in [1.82, 2.24) is 24.3 Å². The second-order valence-corrected chi connectivity index (χ2v) is 8.44. The number of nitrogens with one attached hydrogen (secondary N) is 1. The van der Waals surface area contributed by atoms with Crippen LogP contribution in [0, 0.1) is 0 Å². The number of hydrogen-bond acceptors (Lipinski definition) is 5. The summed E-state index contributed by atoms with van der Waals surface area (Å²) < 4.78 is 3.33. The molecule has 0 atom stereocenters. The van der Waals surface area contributed by atoms with E-state index in [9.17, 15) is 9.59 Å². The number of thiophene rings is 1. The smallest absolute Gasteiger partial charge is 0.328 e. The fourth-order valence-electron chi connectivity index (χ4n) is 3.67. The summed E-state index contributed by atoms with van der Waals surface area (Å²) in [5.74, 6) is -0.0477. The van der Waals surface area contributed by atoms with Crippen molar-refractivity contribution >= 4 is 28.3 Å². The molecule has 0 unspecified atom stereocenters. The van der Waals surface area contributed by atoms with E-state index in [1.54, 1.807) is 29.4 Å². The Labute approximate surface area is 184 Å². The summed E-state index contributed by atoms with van der Waals surface area (Å²) >= 11 is 1.44. The first-order valence-corrected chi connectivity index (χ1v) is 11.0. The number of benzene rings is 1. The molecule has 4 aromatic rings. The molecule has 0 aliphatic rings. The number of imidazole rings is 1. The highest BCUT2D eigenvalue weighted by molar-refractivity contribution is 7.12. The Kier molecular flexibility index (Phi) is 6.29. The average Bonchev–Trinajstić information content (AvgIpc) is 3.39. The summed E-state index contributed by atoms with van der Waals surface area (Å²) in [4.78, 5) is 31.9. The first kappa shape index (κ1) is 21.0. The number of aryl methyl sites for hydroxylation is 2. The van der Waals surface area contributed by atoms with E-state index in [-0.39, 0.29) is 11.6 Å². The summed E-state index contributed by atoms with van der Waals surface area (Å²) in [6.45, 7) is 2.57. The maximum absolute atomic E-state index is 12.3. The van der Waals surface area contributed by atoms with Gasteiger partial charge >= 0.3 is 5.69 Å². The van der Waals surface area contributed by atoms with Gasteiger partial charge in [0.25, 0.3) is 5.91 Å². The van der Waals surface area contributed by atoms with Gasteiger partial charge in [0.2, 0.25) is 0 Å². The Morgan fingerprint density at radius 2 is 1.90 bits per heavy atom. The number of carbonyl (C=O) groups excluding carboxylic acids is 1. The van der Waals surface area contributed by atoms with Crippen molar-refractivity contribution in [3.05, 3.63) is 86.7 Å². The number of rotatable bonds is 8. The van der Waals surface area contributed by atoms with Crippen LogP contribution in [0.2, 0.25) is 0 Å². The van der Waals surface area contributed by atoms with E-state index in [0.29, 0.717) is 31.1 Å². The highest BCUT2D eigenvalue weighted by atomic mass is 32.1. The van der Waals surface area contributed by atoms with Gasteiger partial charge in [-0.15, -0.1) is 11.3 Å². The molecule has 1 aromatic carbocycles. The van der Waals surface area contributed by atoms with E-state index in [1.165, 1.54) is 11.3 Å². The summed E-state index contributed by atoms with van der Waals surface area (Å²) in [7, 11) is 3.58. The standard InChI is InChI=1S/C23H25N5O2S/c1-26-19-9-8-17(14-20(19)27(2)23(26)30)15-28(16-18-6-3-4-10-24-18)12-11-25-22(29)21-7-5-13-31-21/h3-10,13-14H,11-12,15-16H2,1-2H3,(H,25,29). The van der Waals surface area contributed by atoms with Gasteiger partial charge < -0.3 is 5.32 Å². The minimum atomic E-state index is -0.0477. The Morgan fingerprint density at radius 1 is 1.06 bits per heavy atom. The molecule has 7 nitrogen and oxygen atoms in total. The van der Waals surface area contributed by atoms with Gasteiger partial charge in [0.1, 0.15) is 0 Å². The van der Waals surface area contributed by atoms with Crippen LogP contribution in [0.25, 0.3) is 11.0 Å². The molecule has 8 heteroatoms. The first-order valence-electron chi connectivity index (χ1n) is 10.1. The SMILES string of the molecule is Cn1c(=O)n(C)c2cc(CN(CCNC(=O)c3cccs3)Cc3ccccn3)ccc21. The Hall–Kier alpha value is -3.23. The van der Waals surface area contributed by atoms with Crippen molar-refractivity contribution in [3.8, 4) is 0 Å². The molecule has 0 aliphatic carbocycles. The Balaban J connectivity index is 1.49. The number of nitrogens with zero attached hydrogens (tertiary/aromatic N) is 4. The largest absolute Gasteiger partial charge is 0.350 e. The monoisotopic (exact) mass is 435 g/mol. The third-order valence-corrected chi connectivity index (χ3v) is 6.18. The normalized spacial score (nSPS) is 11.3. The molecule has 1 N–H and O–H groups in total. The zero-order valence-electron chi connectivity index (χ0n) is 17.6. The molecule has 3 aromatic heterocycles. The number of pyridine rings is 1. The van der Waals surface area contributed by atoms with E-state index >= 15 is 0 Å². The van der Waals surface area contributed by atoms with Crippen LogP contribution in [0.3, 0.4) is 0 Å². The number of fused-ring (bicyclic) bond motifs is 1. The van der Waals surface area contributed by atoms with Crippen LogP contribution in [0.4, 0.5) is 0 Å². The summed E-state index contributed by atoms with van der Waals surface area (Å²) in [5, 5.41) is 4.90. The van der Waals surface area contributed by atoms with Crippen molar-refractivity contribution in [2.24, 2.45) is 14.1 Å². The molecular weight excluding hydrogens is 410 g/mol. The van der Waals surface area contributed by atoms with Crippen molar-refractivity contribution < 1.29 is 4.79 Å².